The Balaban J connectivity index is 0.000000213. The molecule has 0 radical (unpaired) electrons. The van der Waals surface area contributed by atoms with Gasteiger partial charge in [-0.3, -0.25) is 0 Å². The normalized spacial score (nSPS) is 16.2. The van der Waals surface area contributed by atoms with Crippen molar-refractivity contribution in [1.82, 2.24) is 0 Å². The number of hydrogen-bond acceptors (Lipinski definition) is 1. The number of para-hydroxylation sites is 2. The lowest BCUT2D eigenvalue weighted by molar-refractivity contribution is -0.438. The van der Waals surface area contributed by atoms with Crippen LogP contribution in [0.2, 0.25) is 6.32 Å². The summed E-state index contributed by atoms with van der Waals surface area (Å²) in [6.07, 6.45) is 18.9. The molecular formula is C55H67BN2. The first kappa shape index (κ1) is 42.5. The topological polar surface area (TPSA) is 6.25 Å². The molecule has 7 rings (SSSR count). The van der Waals surface area contributed by atoms with Gasteiger partial charge in [0.05, 0.1) is 11.6 Å². The number of nitrogens with zero attached hydrogens (tertiary/aromatic N) is 2. The van der Waals surface area contributed by atoms with Crippen molar-refractivity contribution in [3.63, 3.8) is 0 Å². The van der Waals surface area contributed by atoms with Gasteiger partial charge in [0.15, 0.2) is 5.71 Å². The van der Waals surface area contributed by atoms with Gasteiger partial charge in [-0.25, -0.2) is 0 Å². The van der Waals surface area contributed by atoms with E-state index in [-0.39, 0.29) is 10.8 Å². The minimum atomic E-state index is -0.913. The van der Waals surface area contributed by atoms with Crippen LogP contribution in [-0.2, 0) is 10.8 Å². The smallest absolute Gasteiger partial charge is 0.209 e. The van der Waals surface area contributed by atoms with Crippen molar-refractivity contribution >= 4 is 39.6 Å². The quantitative estimate of drug-likeness (QED) is 0.0584. The maximum Gasteiger partial charge on any atom is 0.209 e. The van der Waals surface area contributed by atoms with Gasteiger partial charge in [-0.15, -0.1) is 0 Å². The maximum absolute atomic E-state index is 2.53. The molecule has 300 valence electrons. The average molecular weight is 767 g/mol. The van der Waals surface area contributed by atoms with Crippen molar-refractivity contribution in [2.24, 2.45) is 0 Å². The highest BCUT2D eigenvalue weighted by atomic mass is 15.2. The monoisotopic (exact) mass is 767 g/mol. The lowest BCUT2D eigenvalue weighted by Crippen LogP contribution is -2.66. The van der Waals surface area contributed by atoms with Crippen LogP contribution >= 0.6 is 0 Å². The Bertz CT molecular complexity index is 2090. The number of rotatable bonds is 15. The van der Waals surface area contributed by atoms with E-state index < -0.39 is 6.15 Å². The molecule has 0 aromatic heterocycles. The summed E-state index contributed by atoms with van der Waals surface area (Å²) in [4.78, 5) is 2.53. The van der Waals surface area contributed by atoms with Gasteiger partial charge >= 0.3 is 0 Å². The molecule has 3 heteroatoms. The summed E-state index contributed by atoms with van der Waals surface area (Å²) >= 11 is 0. The summed E-state index contributed by atoms with van der Waals surface area (Å²) in [5.41, 5.74) is 12.7. The fourth-order valence-electron chi connectivity index (χ4n) is 9.69. The summed E-state index contributed by atoms with van der Waals surface area (Å²) in [7, 11) is 0. The second-order valence-electron chi connectivity index (χ2n) is 17.4. The Labute approximate surface area is 351 Å². The number of benzene rings is 5. The summed E-state index contributed by atoms with van der Waals surface area (Å²) in [5, 5.41) is 0. The maximum atomic E-state index is 2.53. The molecule has 0 atom stereocenters. The second kappa shape index (κ2) is 19.5. The SMILES string of the molecule is CCCCN1C(=CC=CC=CC2=[N+](CCCC)c3ccccc3C2(C)C)C(C)(C)c2ccccc21.CCCC[B-](c1ccccc1)(c1ccccc1)c1ccccc1. The van der Waals surface area contributed by atoms with E-state index >= 15 is 0 Å². The highest BCUT2D eigenvalue weighted by Crippen LogP contribution is 2.47. The third kappa shape index (κ3) is 8.80. The molecule has 0 fully saturated rings. The second-order valence-corrected chi connectivity index (χ2v) is 17.4. The van der Waals surface area contributed by atoms with Gasteiger partial charge in [0, 0.05) is 47.5 Å². The Hall–Kier alpha value is -5.15. The van der Waals surface area contributed by atoms with Gasteiger partial charge in [0.25, 0.3) is 0 Å². The number of anilines is 1. The van der Waals surface area contributed by atoms with E-state index in [2.05, 4.69) is 228 Å². The number of unbranched alkanes of at least 4 members (excludes halogenated alkanes) is 3. The van der Waals surface area contributed by atoms with Crippen LogP contribution in [0.15, 0.2) is 176 Å². The lowest BCUT2D eigenvalue weighted by Gasteiger charge is -2.43. The van der Waals surface area contributed by atoms with Crippen molar-refractivity contribution < 1.29 is 4.58 Å². The number of hydrogen-bond donors (Lipinski definition) is 0. The van der Waals surface area contributed by atoms with Crippen molar-refractivity contribution in [1.29, 1.82) is 0 Å². The molecule has 2 heterocycles. The third-order valence-electron chi connectivity index (χ3n) is 12.9. The molecule has 2 nitrogen and oxygen atoms in total. The molecule has 0 spiro atoms. The Kier molecular flexibility index (Phi) is 14.3. The molecular weight excluding hydrogens is 699 g/mol. The molecule has 0 saturated heterocycles. The van der Waals surface area contributed by atoms with Crippen molar-refractivity contribution in [3.8, 4) is 0 Å². The van der Waals surface area contributed by atoms with E-state index in [1.54, 1.807) is 0 Å². The largest absolute Gasteiger partial charge is 0.344 e. The zero-order valence-corrected chi connectivity index (χ0v) is 36.5. The van der Waals surface area contributed by atoms with Gasteiger partial charge in [-0.2, -0.15) is 27.3 Å². The summed E-state index contributed by atoms with van der Waals surface area (Å²) < 4.78 is 2.53. The number of allylic oxidation sites excluding steroid dienone is 6. The van der Waals surface area contributed by atoms with Crippen molar-refractivity contribution in [2.45, 2.75) is 104 Å². The van der Waals surface area contributed by atoms with Gasteiger partial charge in [-0.05, 0) is 38.0 Å². The van der Waals surface area contributed by atoms with Crippen LogP contribution in [-0.4, -0.2) is 29.5 Å². The minimum Gasteiger partial charge on any atom is -0.344 e. The summed E-state index contributed by atoms with van der Waals surface area (Å²) in [6, 6.07) is 51.0. The first-order chi connectivity index (χ1) is 28.2. The fourth-order valence-corrected chi connectivity index (χ4v) is 9.69. The van der Waals surface area contributed by atoms with Crippen LogP contribution in [0.25, 0.3) is 0 Å². The van der Waals surface area contributed by atoms with Crippen LogP contribution in [0.1, 0.15) is 98.1 Å². The van der Waals surface area contributed by atoms with Crippen molar-refractivity contribution in [3.05, 3.63) is 187 Å². The summed E-state index contributed by atoms with van der Waals surface area (Å²) in [6.45, 7) is 18.4. The molecule has 5 aromatic rings. The highest BCUT2D eigenvalue weighted by molar-refractivity contribution is 7.11. The van der Waals surface area contributed by atoms with Gasteiger partial charge in [0.1, 0.15) is 6.54 Å². The van der Waals surface area contributed by atoms with E-state index in [1.165, 1.54) is 95.1 Å². The molecule has 0 saturated carbocycles. The van der Waals surface area contributed by atoms with E-state index in [0.29, 0.717) is 0 Å². The first-order valence-electron chi connectivity index (χ1n) is 22.2. The predicted molar refractivity (Wildman–Crippen MR) is 256 cm³/mol. The van der Waals surface area contributed by atoms with Crippen LogP contribution in [0, 0.1) is 0 Å². The van der Waals surface area contributed by atoms with E-state index in [0.717, 1.165) is 13.1 Å². The highest BCUT2D eigenvalue weighted by Gasteiger charge is 2.44. The van der Waals surface area contributed by atoms with Crippen LogP contribution < -0.4 is 21.3 Å². The molecule has 2 aliphatic heterocycles. The average Bonchev–Trinajstić information content (AvgIpc) is 3.61. The molecule has 0 amide bonds. The van der Waals surface area contributed by atoms with E-state index in [4.69, 9.17) is 0 Å². The standard InChI is InChI=1S/C33H43N2.C22H24B/c1-7-9-24-34-28-20-16-14-18-26(28)32(3,4)30(34)22-12-11-13-23-31-33(5,6)27-19-15-17-21-29(27)35(31)25-10-8-2;1-2-3-19-23(20-13-7-4-8-14-20,21-15-9-5-10-16-21)22-17-11-6-12-18-22/h11-23H,7-10,24-25H2,1-6H3;4-18H,2-3,19H2,1H3/q+1;-1. The minimum absolute atomic E-state index is 0.0131. The van der Waals surface area contributed by atoms with Gasteiger partial charge in [-0.1, -0.05) is 206 Å². The zero-order valence-electron chi connectivity index (χ0n) is 36.5. The Morgan fingerprint density at radius 1 is 0.534 bits per heavy atom. The first-order valence-corrected chi connectivity index (χ1v) is 22.2. The van der Waals surface area contributed by atoms with Crippen LogP contribution in [0.5, 0.6) is 0 Å². The molecule has 0 bridgehead atoms. The molecule has 5 aromatic carbocycles. The molecule has 0 N–H and O–H groups in total. The lowest BCUT2D eigenvalue weighted by atomic mass is 9.14. The molecule has 0 aliphatic carbocycles. The van der Waals surface area contributed by atoms with E-state index in [1.807, 2.05) is 0 Å². The molecule has 58 heavy (non-hydrogen) atoms. The van der Waals surface area contributed by atoms with Crippen LogP contribution in [0.4, 0.5) is 11.4 Å². The zero-order chi connectivity index (χ0) is 41.0. The van der Waals surface area contributed by atoms with Crippen molar-refractivity contribution in [2.75, 3.05) is 18.0 Å². The Morgan fingerprint density at radius 2 is 1.05 bits per heavy atom. The van der Waals surface area contributed by atoms with Crippen LogP contribution in [0.3, 0.4) is 0 Å². The molecule has 2 aliphatic rings. The third-order valence-corrected chi connectivity index (χ3v) is 12.9. The predicted octanol–water partition coefficient (Wildman–Crippen LogP) is 12.4. The van der Waals surface area contributed by atoms with Gasteiger partial charge < -0.3 is 4.90 Å². The van der Waals surface area contributed by atoms with E-state index in [9.17, 15) is 0 Å². The van der Waals surface area contributed by atoms with Gasteiger partial charge in [0.2, 0.25) is 5.69 Å². The Morgan fingerprint density at radius 3 is 1.62 bits per heavy atom. The fraction of sp³-hybridized carbons (Fsp3) is 0.327. The molecule has 0 unspecified atom stereocenters. The number of fused-ring (bicyclic) bond motifs is 2. The summed E-state index contributed by atoms with van der Waals surface area (Å²) in [5.74, 6) is 0.